The summed E-state index contributed by atoms with van der Waals surface area (Å²) in [5.41, 5.74) is -0.349. The number of rotatable bonds is 16. The van der Waals surface area contributed by atoms with E-state index in [4.69, 9.17) is 42.1 Å². The number of carbonyl (C=O) groups excluding carboxylic acids is 3. The first-order chi connectivity index (χ1) is 23.6. The maximum absolute atomic E-state index is 13.1. The van der Waals surface area contributed by atoms with Gasteiger partial charge in [-0.2, -0.15) is 8.78 Å². The van der Waals surface area contributed by atoms with E-state index in [1.54, 1.807) is 20.8 Å². The molecule has 1 aromatic carbocycles. The van der Waals surface area contributed by atoms with E-state index < -0.39 is 60.6 Å². The molecule has 1 aliphatic carbocycles. The average Bonchev–Trinajstić information content (AvgIpc) is 3.87. The van der Waals surface area contributed by atoms with Crippen LogP contribution in [-0.4, -0.2) is 68.6 Å². The zero-order chi connectivity index (χ0) is 36.6. The summed E-state index contributed by atoms with van der Waals surface area (Å²) in [6.45, 7) is 0.496. The predicted molar refractivity (Wildman–Crippen MR) is 177 cm³/mol. The quantitative estimate of drug-likeness (QED) is 0.101. The van der Waals surface area contributed by atoms with Crippen LogP contribution in [0.5, 0.6) is 11.5 Å². The molecule has 4 rings (SSSR count). The van der Waals surface area contributed by atoms with Crippen molar-refractivity contribution in [2.45, 2.75) is 58.4 Å². The highest BCUT2D eigenvalue weighted by Crippen LogP contribution is 2.38. The Hall–Kier alpha value is -4.12. The topological polar surface area (TPSA) is 164 Å². The number of esters is 3. The second kappa shape index (κ2) is 17.2. The number of benzene rings is 1. The van der Waals surface area contributed by atoms with E-state index in [-0.39, 0.29) is 51.9 Å². The lowest BCUT2D eigenvalue weighted by Gasteiger charge is -2.23. The van der Waals surface area contributed by atoms with Crippen molar-refractivity contribution in [2.75, 3.05) is 24.1 Å². The van der Waals surface area contributed by atoms with Crippen molar-refractivity contribution in [3.63, 3.8) is 0 Å². The summed E-state index contributed by atoms with van der Waals surface area (Å²) in [5.74, 6) is -2.99. The molecule has 0 amide bonds. The Labute approximate surface area is 298 Å². The van der Waals surface area contributed by atoms with E-state index in [1.807, 2.05) is 0 Å². The number of carbonyl (C=O) groups is 3. The highest BCUT2D eigenvalue weighted by Gasteiger charge is 2.27. The van der Waals surface area contributed by atoms with Crippen molar-refractivity contribution >= 4 is 58.2 Å². The number of aromatic nitrogens is 2. The number of hydrogen-bond acceptors (Lipinski definition) is 11. The molecule has 1 N–H and O–H groups in total. The smallest absolute Gasteiger partial charge is 0.387 e. The van der Waals surface area contributed by atoms with Gasteiger partial charge in [0.2, 0.25) is 0 Å². The fourth-order valence-electron chi connectivity index (χ4n) is 4.36. The van der Waals surface area contributed by atoms with Gasteiger partial charge in [-0.15, -0.1) is 0 Å². The Morgan fingerprint density at radius 1 is 1.06 bits per heavy atom. The highest BCUT2D eigenvalue weighted by atomic mass is 35.5. The van der Waals surface area contributed by atoms with E-state index in [0.29, 0.717) is 15.4 Å². The number of pyridine rings is 2. The van der Waals surface area contributed by atoms with Crippen molar-refractivity contribution in [1.29, 1.82) is 0 Å². The Bertz CT molecular complexity index is 1710. The standard InChI is InChI=1S/C32H33Cl2F2N3O10S/c1-32(2,3)49-28(40)15-39(50(43)44)27-11-20(8-9-38-27)30(42)46-17-29(41)47-25(12-21-22(33)13-37-14-23(21)34)19-6-7-24(48-31(35)36)26(10-19)45-16-18-4-5-18/h6-11,13-14,18,25,31H,4-5,12,15-17H2,1-3H3,(H,43,44)/t25-/m0/s1. The number of alkyl halides is 2. The maximum Gasteiger partial charge on any atom is 0.387 e. The summed E-state index contributed by atoms with van der Waals surface area (Å²) < 4.78 is 75.1. The molecule has 0 radical (unpaired) electrons. The molecule has 18 heteroatoms. The van der Waals surface area contributed by atoms with Gasteiger partial charge in [0, 0.05) is 25.0 Å². The molecule has 2 heterocycles. The van der Waals surface area contributed by atoms with Gasteiger partial charge in [0.05, 0.1) is 22.2 Å². The Balaban J connectivity index is 1.51. The normalized spacial score (nSPS) is 14.0. The second-order valence-electron chi connectivity index (χ2n) is 11.9. The maximum atomic E-state index is 13.1. The fourth-order valence-corrected chi connectivity index (χ4v) is 5.35. The summed E-state index contributed by atoms with van der Waals surface area (Å²) >= 11 is 9.94. The number of hydrogen-bond donors (Lipinski definition) is 1. The van der Waals surface area contributed by atoms with Crippen molar-refractivity contribution < 1.29 is 55.6 Å². The van der Waals surface area contributed by atoms with Crippen LogP contribution < -0.4 is 13.8 Å². The molecule has 0 spiro atoms. The van der Waals surface area contributed by atoms with Crippen LogP contribution >= 0.6 is 23.2 Å². The molecule has 0 saturated heterocycles. The lowest BCUT2D eigenvalue weighted by Crippen LogP contribution is -2.36. The first-order valence-electron chi connectivity index (χ1n) is 15.0. The molecule has 2 aromatic heterocycles. The number of halogens is 4. The van der Waals surface area contributed by atoms with Crippen LogP contribution in [-0.2, 0) is 41.5 Å². The molecular weight excluding hydrogens is 727 g/mol. The molecule has 0 aliphatic heterocycles. The molecule has 1 saturated carbocycles. The zero-order valence-corrected chi connectivity index (χ0v) is 29.3. The van der Waals surface area contributed by atoms with Gasteiger partial charge in [0.1, 0.15) is 24.1 Å². The number of nitrogens with zero attached hydrogens (tertiary/aromatic N) is 3. The minimum absolute atomic E-state index is 0.00659. The number of ether oxygens (including phenoxy) is 5. The van der Waals surface area contributed by atoms with Gasteiger partial charge in [0.25, 0.3) is 11.3 Å². The molecule has 3 aromatic rings. The first-order valence-corrected chi connectivity index (χ1v) is 16.8. The lowest BCUT2D eigenvalue weighted by molar-refractivity contribution is -0.153. The lowest BCUT2D eigenvalue weighted by atomic mass is 10.0. The van der Waals surface area contributed by atoms with Crippen LogP contribution in [0.4, 0.5) is 14.6 Å². The average molecular weight is 761 g/mol. The van der Waals surface area contributed by atoms with Crippen LogP contribution in [0.25, 0.3) is 0 Å². The third kappa shape index (κ3) is 11.7. The molecule has 270 valence electrons. The third-order valence-electron chi connectivity index (χ3n) is 6.78. The van der Waals surface area contributed by atoms with Gasteiger partial charge in [-0.3, -0.25) is 14.3 Å². The summed E-state index contributed by atoms with van der Waals surface area (Å²) in [6.07, 6.45) is 4.49. The molecule has 0 bridgehead atoms. The van der Waals surface area contributed by atoms with E-state index >= 15 is 0 Å². The van der Waals surface area contributed by atoms with Crippen LogP contribution in [0.1, 0.15) is 61.2 Å². The van der Waals surface area contributed by atoms with E-state index in [1.165, 1.54) is 36.7 Å². The minimum Gasteiger partial charge on any atom is -0.489 e. The Morgan fingerprint density at radius 2 is 1.76 bits per heavy atom. The monoisotopic (exact) mass is 759 g/mol. The molecule has 1 fully saturated rings. The highest BCUT2D eigenvalue weighted by molar-refractivity contribution is 7.80. The molecule has 1 unspecified atom stereocenters. The van der Waals surface area contributed by atoms with E-state index in [9.17, 15) is 31.9 Å². The summed E-state index contributed by atoms with van der Waals surface area (Å²) in [5, 5.41) is 0.344. The van der Waals surface area contributed by atoms with Crippen molar-refractivity contribution in [3.8, 4) is 11.5 Å². The van der Waals surface area contributed by atoms with E-state index in [0.717, 1.165) is 25.1 Å². The summed E-state index contributed by atoms with van der Waals surface area (Å²) in [6, 6.07) is 6.38. The van der Waals surface area contributed by atoms with Gasteiger partial charge in [0.15, 0.2) is 18.1 Å². The Morgan fingerprint density at radius 3 is 2.38 bits per heavy atom. The Kier molecular flexibility index (Phi) is 13.3. The van der Waals surface area contributed by atoms with Crippen LogP contribution in [0.15, 0.2) is 48.9 Å². The zero-order valence-electron chi connectivity index (χ0n) is 27.0. The predicted octanol–water partition coefficient (Wildman–Crippen LogP) is 6.14. The minimum atomic E-state index is -3.11. The van der Waals surface area contributed by atoms with Gasteiger partial charge in [-0.1, -0.05) is 29.3 Å². The molecule has 13 nitrogen and oxygen atoms in total. The molecular formula is C32H33Cl2F2N3O10S. The van der Waals surface area contributed by atoms with Gasteiger partial charge in [-0.25, -0.2) is 23.1 Å². The van der Waals surface area contributed by atoms with Gasteiger partial charge in [-0.05, 0) is 74.9 Å². The van der Waals surface area contributed by atoms with Crippen molar-refractivity contribution in [3.05, 3.63) is 75.7 Å². The largest absolute Gasteiger partial charge is 0.489 e. The SMILES string of the molecule is CC(C)(C)OC(=O)CN(c1cc(C(=O)OCC(=O)O[C@@H](Cc2c(Cl)cncc2Cl)c2ccc(OC(F)F)c(OCC3CC3)c2)ccn1)S(=O)O. The van der Waals surface area contributed by atoms with Gasteiger partial charge >= 0.3 is 24.5 Å². The van der Waals surface area contributed by atoms with Crippen LogP contribution in [0.2, 0.25) is 10.0 Å². The molecule has 2 atom stereocenters. The summed E-state index contributed by atoms with van der Waals surface area (Å²) in [4.78, 5) is 46.1. The number of anilines is 1. The first kappa shape index (κ1) is 38.7. The van der Waals surface area contributed by atoms with Crippen LogP contribution in [0, 0.1) is 5.92 Å². The van der Waals surface area contributed by atoms with Crippen molar-refractivity contribution in [2.24, 2.45) is 5.92 Å². The van der Waals surface area contributed by atoms with Crippen LogP contribution in [0.3, 0.4) is 0 Å². The second-order valence-corrected chi connectivity index (χ2v) is 13.7. The van der Waals surface area contributed by atoms with Crippen molar-refractivity contribution in [1.82, 2.24) is 9.97 Å². The van der Waals surface area contributed by atoms with Gasteiger partial charge < -0.3 is 23.7 Å². The molecule has 1 aliphatic rings. The molecule has 50 heavy (non-hydrogen) atoms. The third-order valence-corrected chi connectivity index (χ3v) is 8.13. The fraction of sp³-hybridized carbons (Fsp3) is 0.406. The van der Waals surface area contributed by atoms with E-state index in [2.05, 4.69) is 14.7 Å². The summed E-state index contributed by atoms with van der Waals surface area (Å²) in [7, 11) is 0.